The van der Waals surface area contributed by atoms with Crippen LogP contribution in [0.2, 0.25) is 0 Å². The molecule has 0 amide bonds. The van der Waals surface area contributed by atoms with Gasteiger partial charge in [0, 0.05) is 16.6 Å². The van der Waals surface area contributed by atoms with Gasteiger partial charge >= 0.3 is 0 Å². The quantitative estimate of drug-likeness (QED) is 0.773. The SMILES string of the molecule is CCC(NC1CCC(CC)C1C)c1ccc(Br)cc1. The first kappa shape index (κ1) is 15.1. The maximum Gasteiger partial charge on any atom is 0.0320 e. The first-order valence-electron chi connectivity index (χ1n) is 7.67. The predicted octanol–water partition coefficient (Wildman–Crippen LogP) is 5.31. The normalized spacial score (nSPS) is 28.5. The van der Waals surface area contributed by atoms with Gasteiger partial charge in [-0.25, -0.2) is 0 Å². The molecule has 1 nitrogen and oxygen atoms in total. The molecule has 0 spiro atoms. The first-order chi connectivity index (χ1) is 9.15. The van der Waals surface area contributed by atoms with E-state index < -0.39 is 0 Å². The topological polar surface area (TPSA) is 12.0 Å². The molecule has 0 aliphatic heterocycles. The van der Waals surface area contributed by atoms with Crippen molar-refractivity contribution in [3.63, 3.8) is 0 Å². The van der Waals surface area contributed by atoms with E-state index in [9.17, 15) is 0 Å². The molecular weight excluding hydrogens is 298 g/mol. The van der Waals surface area contributed by atoms with Crippen LogP contribution in [0.25, 0.3) is 0 Å². The van der Waals surface area contributed by atoms with Crippen LogP contribution in [0.15, 0.2) is 28.7 Å². The lowest BCUT2D eigenvalue weighted by Crippen LogP contribution is -2.35. The zero-order valence-corrected chi connectivity index (χ0v) is 13.9. The minimum Gasteiger partial charge on any atom is -0.307 e. The summed E-state index contributed by atoms with van der Waals surface area (Å²) >= 11 is 3.51. The fraction of sp³-hybridized carbons (Fsp3) is 0.647. The van der Waals surface area contributed by atoms with Crippen molar-refractivity contribution in [3.8, 4) is 0 Å². The van der Waals surface area contributed by atoms with Crippen LogP contribution in [0, 0.1) is 11.8 Å². The number of hydrogen-bond acceptors (Lipinski definition) is 1. The third-order valence-electron chi connectivity index (χ3n) is 4.85. The summed E-state index contributed by atoms with van der Waals surface area (Å²) < 4.78 is 1.16. The van der Waals surface area contributed by atoms with Gasteiger partial charge in [-0.05, 0) is 48.8 Å². The third kappa shape index (κ3) is 3.61. The van der Waals surface area contributed by atoms with Gasteiger partial charge in [-0.1, -0.05) is 55.3 Å². The van der Waals surface area contributed by atoms with E-state index in [-0.39, 0.29) is 0 Å². The zero-order chi connectivity index (χ0) is 13.8. The van der Waals surface area contributed by atoms with Crippen LogP contribution < -0.4 is 5.32 Å². The van der Waals surface area contributed by atoms with Gasteiger partial charge in [0.1, 0.15) is 0 Å². The lowest BCUT2D eigenvalue weighted by molar-refractivity contribution is 0.318. The first-order valence-corrected chi connectivity index (χ1v) is 8.46. The average molecular weight is 324 g/mol. The van der Waals surface area contributed by atoms with Crippen LogP contribution in [0.1, 0.15) is 58.1 Å². The Bertz CT molecular complexity index is 387. The molecule has 1 N–H and O–H groups in total. The highest BCUT2D eigenvalue weighted by Crippen LogP contribution is 2.35. The van der Waals surface area contributed by atoms with E-state index in [4.69, 9.17) is 0 Å². The van der Waals surface area contributed by atoms with E-state index in [0.717, 1.165) is 22.7 Å². The van der Waals surface area contributed by atoms with Crippen LogP contribution in [0.3, 0.4) is 0 Å². The summed E-state index contributed by atoms with van der Waals surface area (Å²) in [5.41, 5.74) is 1.41. The number of rotatable bonds is 5. The van der Waals surface area contributed by atoms with E-state index >= 15 is 0 Å². The molecule has 4 atom stereocenters. The van der Waals surface area contributed by atoms with E-state index in [1.165, 1.54) is 24.8 Å². The van der Waals surface area contributed by atoms with Crippen molar-refractivity contribution in [1.82, 2.24) is 5.32 Å². The van der Waals surface area contributed by atoms with Gasteiger partial charge in [0.05, 0.1) is 0 Å². The van der Waals surface area contributed by atoms with Gasteiger partial charge in [-0.3, -0.25) is 0 Å². The van der Waals surface area contributed by atoms with Crippen LogP contribution in [0.5, 0.6) is 0 Å². The Kier molecular flexibility index (Phi) is 5.47. The van der Waals surface area contributed by atoms with Crippen molar-refractivity contribution in [3.05, 3.63) is 34.3 Å². The zero-order valence-electron chi connectivity index (χ0n) is 12.3. The molecule has 1 aromatic carbocycles. The molecule has 1 saturated carbocycles. The molecule has 1 fully saturated rings. The van der Waals surface area contributed by atoms with Gasteiger partial charge in [0.2, 0.25) is 0 Å². The summed E-state index contributed by atoms with van der Waals surface area (Å²) in [6.45, 7) is 7.03. The van der Waals surface area contributed by atoms with Crippen LogP contribution >= 0.6 is 15.9 Å². The molecule has 0 saturated heterocycles. The summed E-state index contributed by atoms with van der Waals surface area (Å²) in [4.78, 5) is 0. The predicted molar refractivity (Wildman–Crippen MR) is 86.3 cm³/mol. The number of benzene rings is 1. The summed E-state index contributed by atoms with van der Waals surface area (Å²) in [6.07, 6.45) is 5.22. The number of halogens is 1. The maximum atomic E-state index is 3.90. The minimum absolute atomic E-state index is 0.496. The molecule has 1 aromatic rings. The van der Waals surface area contributed by atoms with Gasteiger partial charge in [0.25, 0.3) is 0 Å². The Morgan fingerprint density at radius 1 is 1.21 bits per heavy atom. The fourth-order valence-electron chi connectivity index (χ4n) is 3.46. The van der Waals surface area contributed by atoms with Crippen LogP contribution in [-0.4, -0.2) is 6.04 Å². The van der Waals surface area contributed by atoms with Crippen molar-refractivity contribution in [2.75, 3.05) is 0 Å². The van der Waals surface area contributed by atoms with E-state index in [1.807, 2.05) is 0 Å². The second-order valence-electron chi connectivity index (χ2n) is 5.89. The monoisotopic (exact) mass is 323 g/mol. The molecule has 1 aliphatic carbocycles. The number of hydrogen-bond donors (Lipinski definition) is 1. The molecule has 0 heterocycles. The Morgan fingerprint density at radius 3 is 2.42 bits per heavy atom. The molecule has 1 aliphatic rings. The van der Waals surface area contributed by atoms with E-state index in [1.54, 1.807) is 0 Å². The lowest BCUT2D eigenvalue weighted by Gasteiger charge is -2.27. The fourth-order valence-corrected chi connectivity index (χ4v) is 3.73. The summed E-state index contributed by atoms with van der Waals surface area (Å²) in [7, 11) is 0. The molecule has 2 rings (SSSR count). The Hall–Kier alpha value is -0.340. The van der Waals surface area contributed by atoms with Crippen molar-refractivity contribution >= 4 is 15.9 Å². The highest BCUT2D eigenvalue weighted by Gasteiger charge is 2.32. The van der Waals surface area contributed by atoms with Crippen molar-refractivity contribution in [1.29, 1.82) is 0 Å². The molecule has 106 valence electrons. The van der Waals surface area contributed by atoms with Crippen molar-refractivity contribution in [2.24, 2.45) is 11.8 Å². The smallest absolute Gasteiger partial charge is 0.0320 e. The summed E-state index contributed by atoms with van der Waals surface area (Å²) in [6, 6.07) is 9.96. The van der Waals surface area contributed by atoms with Gasteiger partial charge in [-0.2, -0.15) is 0 Å². The van der Waals surface area contributed by atoms with Gasteiger partial charge in [0.15, 0.2) is 0 Å². The molecule has 0 bridgehead atoms. The molecule has 0 aromatic heterocycles. The summed E-state index contributed by atoms with van der Waals surface area (Å²) in [5, 5.41) is 3.90. The van der Waals surface area contributed by atoms with Crippen molar-refractivity contribution < 1.29 is 0 Å². The average Bonchev–Trinajstić information content (AvgIpc) is 2.78. The number of nitrogens with one attached hydrogen (secondary N) is 1. The summed E-state index contributed by atoms with van der Waals surface area (Å²) in [5.74, 6) is 1.73. The van der Waals surface area contributed by atoms with Crippen LogP contribution in [0.4, 0.5) is 0 Å². The van der Waals surface area contributed by atoms with Crippen molar-refractivity contribution in [2.45, 2.75) is 58.5 Å². The highest BCUT2D eigenvalue weighted by atomic mass is 79.9. The second kappa shape index (κ2) is 6.90. The Morgan fingerprint density at radius 2 is 1.89 bits per heavy atom. The second-order valence-corrected chi connectivity index (χ2v) is 6.81. The molecular formula is C17H26BrN. The Labute approximate surface area is 126 Å². The molecule has 2 heteroatoms. The molecule has 19 heavy (non-hydrogen) atoms. The lowest BCUT2D eigenvalue weighted by atomic mass is 9.92. The van der Waals surface area contributed by atoms with Gasteiger partial charge < -0.3 is 5.32 Å². The largest absolute Gasteiger partial charge is 0.307 e. The third-order valence-corrected chi connectivity index (χ3v) is 5.38. The maximum absolute atomic E-state index is 3.90. The molecule has 4 unspecified atom stereocenters. The molecule has 0 radical (unpaired) electrons. The van der Waals surface area contributed by atoms with E-state index in [0.29, 0.717) is 12.1 Å². The van der Waals surface area contributed by atoms with Gasteiger partial charge in [-0.15, -0.1) is 0 Å². The van der Waals surface area contributed by atoms with Crippen LogP contribution in [-0.2, 0) is 0 Å². The van der Waals surface area contributed by atoms with E-state index in [2.05, 4.69) is 66.3 Å². The highest BCUT2D eigenvalue weighted by molar-refractivity contribution is 9.10. The standard InChI is InChI=1S/C17H26BrN/c1-4-13-8-11-17(12(13)3)19-16(5-2)14-6-9-15(18)10-7-14/h6-7,9-10,12-13,16-17,19H,4-5,8,11H2,1-3H3. The Balaban J connectivity index is 2.01. The minimum atomic E-state index is 0.496.